The number of carbonyl (C=O) groups excluding carboxylic acids is 1. The third kappa shape index (κ3) is 3.97. The van der Waals surface area contributed by atoms with E-state index in [9.17, 15) is 4.79 Å². The van der Waals surface area contributed by atoms with Crippen LogP contribution in [0.25, 0.3) is 5.57 Å². The number of allylic oxidation sites excluding steroid dienone is 1. The predicted octanol–water partition coefficient (Wildman–Crippen LogP) is 4.00. The van der Waals surface area contributed by atoms with Crippen molar-refractivity contribution in [3.63, 3.8) is 0 Å². The summed E-state index contributed by atoms with van der Waals surface area (Å²) in [5, 5.41) is 9.66. The molecule has 2 aromatic rings. The van der Waals surface area contributed by atoms with Crippen LogP contribution in [-0.2, 0) is 11.3 Å². The molecular weight excluding hydrogens is 354 g/mol. The SMILES string of the molecule is CCNCc1ccc(NC(CC)=C2C(=O)Nc3cc(OC)c(OC)cc32)cc1. The molecule has 0 aromatic heterocycles. The normalized spacial score (nSPS) is 14.4. The molecule has 0 aliphatic carbocycles. The van der Waals surface area contributed by atoms with E-state index in [1.807, 2.05) is 25.1 Å². The second-order valence-electron chi connectivity index (χ2n) is 6.52. The molecule has 1 amide bonds. The quantitative estimate of drug-likeness (QED) is 0.603. The van der Waals surface area contributed by atoms with Crippen molar-refractivity contribution < 1.29 is 14.3 Å². The first-order valence-electron chi connectivity index (χ1n) is 9.48. The highest BCUT2D eigenvalue weighted by atomic mass is 16.5. The standard InChI is InChI=1S/C22H27N3O3/c1-5-17(24-15-9-7-14(8-10-15)13-23-6-2)21-16-11-19(27-3)20(28-4)12-18(16)25-22(21)26/h7-12,23-24H,5-6,13H2,1-4H3,(H,25,26). The highest BCUT2D eigenvalue weighted by Crippen LogP contribution is 2.42. The Morgan fingerprint density at radius 2 is 1.71 bits per heavy atom. The van der Waals surface area contributed by atoms with Gasteiger partial charge in [-0.25, -0.2) is 0 Å². The Bertz CT molecular complexity index is 889. The van der Waals surface area contributed by atoms with E-state index in [-0.39, 0.29) is 5.91 Å². The lowest BCUT2D eigenvalue weighted by Gasteiger charge is -2.14. The Hall–Kier alpha value is -2.99. The molecule has 0 bridgehead atoms. The number of hydrogen-bond donors (Lipinski definition) is 3. The molecule has 6 heteroatoms. The molecule has 0 saturated carbocycles. The van der Waals surface area contributed by atoms with Gasteiger partial charge in [0.1, 0.15) is 0 Å². The Balaban J connectivity index is 1.94. The third-order valence-electron chi connectivity index (χ3n) is 4.75. The van der Waals surface area contributed by atoms with Gasteiger partial charge in [0, 0.05) is 29.6 Å². The second kappa shape index (κ2) is 8.80. The van der Waals surface area contributed by atoms with E-state index in [1.165, 1.54) is 5.56 Å². The lowest BCUT2D eigenvalue weighted by atomic mass is 10.0. The van der Waals surface area contributed by atoms with Gasteiger partial charge in [-0.05, 0) is 36.7 Å². The minimum atomic E-state index is -0.126. The minimum absolute atomic E-state index is 0.126. The van der Waals surface area contributed by atoms with Gasteiger partial charge < -0.3 is 25.4 Å². The van der Waals surface area contributed by atoms with Gasteiger partial charge in [-0.3, -0.25) is 4.79 Å². The van der Waals surface area contributed by atoms with Crippen molar-refractivity contribution in [2.24, 2.45) is 0 Å². The maximum Gasteiger partial charge on any atom is 0.258 e. The number of rotatable bonds is 8. The summed E-state index contributed by atoms with van der Waals surface area (Å²) in [6.45, 7) is 5.90. The van der Waals surface area contributed by atoms with Gasteiger partial charge in [0.25, 0.3) is 5.91 Å². The molecule has 148 valence electrons. The van der Waals surface area contributed by atoms with E-state index in [4.69, 9.17) is 9.47 Å². The second-order valence-corrected chi connectivity index (χ2v) is 6.52. The Morgan fingerprint density at radius 1 is 1.04 bits per heavy atom. The van der Waals surface area contributed by atoms with Gasteiger partial charge in [0.15, 0.2) is 11.5 Å². The van der Waals surface area contributed by atoms with Crippen LogP contribution in [0, 0.1) is 0 Å². The summed E-state index contributed by atoms with van der Waals surface area (Å²) in [4.78, 5) is 12.7. The molecule has 1 aliphatic rings. The van der Waals surface area contributed by atoms with E-state index in [2.05, 4.69) is 35.0 Å². The van der Waals surface area contributed by atoms with Crippen LogP contribution in [0.15, 0.2) is 42.1 Å². The molecule has 0 unspecified atom stereocenters. The Morgan fingerprint density at radius 3 is 2.32 bits per heavy atom. The van der Waals surface area contributed by atoms with E-state index < -0.39 is 0 Å². The van der Waals surface area contributed by atoms with E-state index in [0.717, 1.165) is 35.7 Å². The van der Waals surface area contributed by atoms with Crippen LogP contribution < -0.4 is 25.4 Å². The summed E-state index contributed by atoms with van der Waals surface area (Å²) in [5.41, 5.74) is 5.21. The zero-order valence-corrected chi connectivity index (χ0v) is 16.8. The number of nitrogens with one attached hydrogen (secondary N) is 3. The minimum Gasteiger partial charge on any atom is -0.493 e. The molecule has 0 atom stereocenters. The van der Waals surface area contributed by atoms with E-state index in [0.29, 0.717) is 23.5 Å². The largest absolute Gasteiger partial charge is 0.493 e. The maximum atomic E-state index is 12.7. The zero-order valence-electron chi connectivity index (χ0n) is 16.8. The van der Waals surface area contributed by atoms with E-state index in [1.54, 1.807) is 20.3 Å². The lowest BCUT2D eigenvalue weighted by molar-refractivity contribution is -0.110. The van der Waals surface area contributed by atoms with Crippen LogP contribution >= 0.6 is 0 Å². The number of ether oxygens (including phenoxy) is 2. The summed E-state index contributed by atoms with van der Waals surface area (Å²) in [5.74, 6) is 1.06. The van der Waals surface area contributed by atoms with Crippen molar-refractivity contribution in [2.75, 3.05) is 31.4 Å². The molecule has 0 fully saturated rings. The number of anilines is 2. The fourth-order valence-electron chi connectivity index (χ4n) is 3.27. The van der Waals surface area contributed by atoms with Crippen LogP contribution in [0.5, 0.6) is 11.5 Å². The first-order valence-corrected chi connectivity index (χ1v) is 9.48. The molecular formula is C22H27N3O3. The molecule has 1 aliphatic heterocycles. The highest BCUT2D eigenvalue weighted by molar-refractivity contribution is 6.32. The van der Waals surface area contributed by atoms with Crippen molar-refractivity contribution in [3.8, 4) is 11.5 Å². The zero-order chi connectivity index (χ0) is 20.1. The van der Waals surface area contributed by atoms with Crippen LogP contribution in [0.4, 0.5) is 11.4 Å². The number of amides is 1. The molecule has 2 aromatic carbocycles. The van der Waals surface area contributed by atoms with Gasteiger partial charge in [0.2, 0.25) is 0 Å². The first kappa shape index (κ1) is 19.8. The summed E-state index contributed by atoms with van der Waals surface area (Å²) in [6.07, 6.45) is 0.690. The molecule has 0 spiro atoms. The number of hydrogen-bond acceptors (Lipinski definition) is 5. The molecule has 0 saturated heterocycles. The van der Waals surface area contributed by atoms with Crippen LogP contribution in [-0.4, -0.2) is 26.7 Å². The lowest BCUT2D eigenvalue weighted by Crippen LogP contribution is -2.12. The van der Waals surface area contributed by atoms with Crippen LogP contribution in [0.2, 0.25) is 0 Å². The fraction of sp³-hybridized carbons (Fsp3) is 0.318. The smallest absolute Gasteiger partial charge is 0.258 e. The van der Waals surface area contributed by atoms with Crippen molar-refractivity contribution in [2.45, 2.75) is 26.8 Å². The molecule has 0 radical (unpaired) electrons. The third-order valence-corrected chi connectivity index (χ3v) is 4.75. The van der Waals surface area contributed by atoms with Crippen molar-refractivity contribution >= 4 is 22.9 Å². The van der Waals surface area contributed by atoms with Gasteiger partial charge in [0.05, 0.1) is 25.5 Å². The van der Waals surface area contributed by atoms with Crippen LogP contribution in [0.1, 0.15) is 31.4 Å². The molecule has 28 heavy (non-hydrogen) atoms. The number of methoxy groups -OCH3 is 2. The summed E-state index contributed by atoms with van der Waals surface area (Å²) in [7, 11) is 3.17. The number of carbonyl (C=O) groups is 1. The molecule has 3 N–H and O–H groups in total. The van der Waals surface area contributed by atoms with Gasteiger partial charge in [-0.1, -0.05) is 26.0 Å². The average Bonchev–Trinajstić information content (AvgIpc) is 3.04. The number of benzene rings is 2. The summed E-state index contributed by atoms with van der Waals surface area (Å²) in [6, 6.07) is 11.9. The first-order chi connectivity index (χ1) is 13.6. The average molecular weight is 381 g/mol. The van der Waals surface area contributed by atoms with Crippen molar-refractivity contribution in [3.05, 3.63) is 53.2 Å². The number of fused-ring (bicyclic) bond motifs is 1. The fourth-order valence-corrected chi connectivity index (χ4v) is 3.27. The molecule has 6 nitrogen and oxygen atoms in total. The van der Waals surface area contributed by atoms with Gasteiger partial charge in [-0.15, -0.1) is 0 Å². The highest BCUT2D eigenvalue weighted by Gasteiger charge is 2.29. The Kier molecular flexibility index (Phi) is 6.21. The maximum absolute atomic E-state index is 12.7. The van der Waals surface area contributed by atoms with Crippen molar-refractivity contribution in [1.29, 1.82) is 0 Å². The Labute approximate surface area is 165 Å². The van der Waals surface area contributed by atoms with E-state index >= 15 is 0 Å². The molecule has 3 rings (SSSR count). The van der Waals surface area contributed by atoms with Crippen LogP contribution in [0.3, 0.4) is 0 Å². The molecule has 1 heterocycles. The summed E-state index contributed by atoms with van der Waals surface area (Å²) >= 11 is 0. The summed E-state index contributed by atoms with van der Waals surface area (Å²) < 4.78 is 10.7. The van der Waals surface area contributed by atoms with Gasteiger partial charge >= 0.3 is 0 Å². The predicted molar refractivity (Wildman–Crippen MR) is 113 cm³/mol. The van der Waals surface area contributed by atoms with Crippen molar-refractivity contribution in [1.82, 2.24) is 5.32 Å². The van der Waals surface area contributed by atoms with Gasteiger partial charge in [-0.2, -0.15) is 0 Å². The monoisotopic (exact) mass is 381 g/mol. The topological polar surface area (TPSA) is 71.6 Å².